The predicted molar refractivity (Wildman–Crippen MR) is 129 cm³/mol. The highest BCUT2D eigenvalue weighted by molar-refractivity contribution is 5.89. The second kappa shape index (κ2) is 11.2. The third kappa shape index (κ3) is 7.15. The van der Waals surface area contributed by atoms with Crippen LogP contribution >= 0.6 is 0 Å². The van der Waals surface area contributed by atoms with Crippen molar-refractivity contribution >= 4 is 17.4 Å². The SMILES string of the molecule is CN(C)CCN(Cc1ccccc1)C(=O)Nc1ccc(N(C)Cc2ccccc2)cc1. The molecule has 1 N–H and O–H groups in total. The van der Waals surface area contributed by atoms with E-state index in [9.17, 15) is 4.79 Å². The molecule has 2 amide bonds. The van der Waals surface area contributed by atoms with Crippen molar-refractivity contribution in [2.24, 2.45) is 0 Å². The lowest BCUT2D eigenvalue weighted by atomic mass is 10.2. The van der Waals surface area contributed by atoms with Crippen LogP contribution in [0.5, 0.6) is 0 Å². The van der Waals surface area contributed by atoms with Crippen LogP contribution in [-0.2, 0) is 13.1 Å². The number of likely N-dealkylation sites (N-methyl/N-ethyl adjacent to an activating group) is 1. The van der Waals surface area contributed by atoms with Gasteiger partial charge >= 0.3 is 6.03 Å². The fourth-order valence-corrected chi connectivity index (χ4v) is 3.33. The lowest BCUT2D eigenvalue weighted by molar-refractivity contribution is 0.202. The maximum Gasteiger partial charge on any atom is 0.322 e. The summed E-state index contributed by atoms with van der Waals surface area (Å²) in [6.07, 6.45) is 0. The molecular formula is C26H32N4O. The summed E-state index contributed by atoms with van der Waals surface area (Å²) in [6.45, 7) is 2.88. The van der Waals surface area contributed by atoms with E-state index in [2.05, 4.69) is 46.4 Å². The molecule has 5 nitrogen and oxygen atoms in total. The number of carbonyl (C=O) groups is 1. The normalized spacial score (nSPS) is 10.7. The number of benzene rings is 3. The van der Waals surface area contributed by atoms with Gasteiger partial charge < -0.3 is 20.0 Å². The molecule has 0 unspecified atom stereocenters. The number of nitrogens with one attached hydrogen (secondary N) is 1. The van der Waals surface area contributed by atoms with E-state index in [1.165, 1.54) is 5.56 Å². The first-order valence-corrected chi connectivity index (χ1v) is 10.6. The summed E-state index contributed by atoms with van der Waals surface area (Å²) in [5.41, 5.74) is 4.29. The molecule has 31 heavy (non-hydrogen) atoms. The molecule has 0 aliphatic heterocycles. The molecule has 0 spiro atoms. The lowest BCUT2D eigenvalue weighted by Gasteiger charge is -2.25. The molecule has 0 saturated heterocycles. The molecular weight excluding hydrogens is 384 g/mol. The molecule has 0 aliphatic carbocycles. The molecule has 162 valence electrons. The van der Waals surface area contributed by atoms with Crippen molar-refractivity contribution in [3.8, 4) is 0 Å². The van der Waals surface area contributed by atoms with Gasteiger partial charge in [-0.05, 0) is 49.5 Å². The minimum atomic E-state index is -0.0870. The van der Waals surface area contributed by atoms with Crippen molar-refractivity contribution in [3.63, 3.8) is 0 Å². The van der Waals surface area contributed by atoms with Crippen molar-refractivity contribution in [2.45, 2.75) is 13.1 Å². The zero-order chi connectivity index (χ0) is 22.1. The first-order chi connectivity index (χ1) is 15.0. The Hall–Kier alpha value is -3.31. The van der Waals surface area contributed by atoms with Crippen molar-refractivity contribution in [1.29, 1.82) is 0 Å². The standard InChI is InChI=1S/C26H32N4O/c1-28(2)18-19-30(21-23-12-8-5-9-13-23)26(31)27-24-14-16-25(17-15-24)29(3)20-22-10-6-4-7-11-22/h4-17H,18-21H2,1-3H3,(H,27,31). The highest BCUT2D eigenvalue weighted by Crippen LogP contribution is 2.19. The summed E-state index contributed by atoms with van der Waals surface area (Å²) in [4.78, 5) is 19.1. The number of urea groups is 1. The quantitative estimate of drug-likeness (QED) is 0.538. The maximum absolute atomic E-state index is 13.0. The van der Waals surface area contributed by atoms with Crippen LogP contribution in [0.4, 0.5) is 16.2 Å². The molecule has 5 heteroatoms. The Morgan fingerprint density at radius 2 is 1.26 bits per heavy atom. The smallest absolute Gasteiger partial charge is 0.322 e. The number of anilines is 2. The van der Waals surface area contributed by atoms with Gasteiger partial charge in [0.05, 0.1) is 0 Å². The number of rotatable bonds is 9. The summed E-state index contributed by atoms with van der Waals surface area (Å²) in [5, 5.41) is 3.05. The van der Waals surface area contributed by atoms with Gasteiger partial charge in [-0.25, -0.2) is 4.79 Å². The van der Waals surface area contributed by atoms with E-state index in [4.69, 9.17) is 0 Å². The molecule has 0 radical (unpaired) electrons. The Kier molecular flexibility index (Phi) is 8.07. The van der Waals surface area contributed by atoms with E-state index < -0.39 is 0 Å². The van der Waals surface area contributed by atoms with E-state index in [1.807, 2.05) is 79.7 Å². The summed E-state index contributed by atoms with van der Waals surface area (Å²) in [6, 6.07) is 28.4. The van der Waals surface area contributed by atoms with Gasteiger partial charge in [-0.3, -0.25) is 0 Å². The average Bonchev–Trinajstić information content (AvgIpc) is 2.78. The molecule has 3 rings (SSSR count). The summed E-state index contributed by atoms with van der Waals surface area (Å²) in [5.74, 6) is 0. The van der Waals surface area contributed by atoms with Gasteiger partial charge in [0.1, 0.15) is 0 Å². The number of amides is 2. The molecule has 3 aromatic rings. The molecule has 3 aromatic carbocycles. The van der Waals surface area contributed by atoms with Crippen LogP contribution in [-0.4, -0.2) is 50.1 Å². The molecule has 0 fully saturated rings. The zero-order valence-electron chi connectivity index (χ0n) is 18.7. The minimum Gasteiger partial charge on any atom is -0.370 e. The predicted octanol–water partition coefficient (Wildman–Crippen LogP) is 4.92. The van der Waals surface area contributed by atoms with Crippen molar-refractivity contribution in [2.75, 3.05) is 44.4 Å². The molecule has 0 aromatic heterocycles. The van der Waals surface area contributed by atoms with Crippen LogP contribution in [0.1, 0.15) is 11.1 Å². The lowest BCUT2D eigenvalue weighted by Crippen LogP contribution is -2.39. The van der Waals surface area contributed by atoms with E-state index >= 15 is 0 Å². The molecule has 0 aliphatic rings. The van der Waals surface area contributed by atoms with Gasteiger partial charge in [0.2, 0.25) is 0 Å². The number of hydrogen-bond acceptors (Lipinski definition) is 3. The van der Waals surface area contributed by atoms with E-state index in [1.54, 1.807) is 0 Å². The maximum atomic E-state index is 13.0. The Labute approximate surface area is 185 Å². The average molecular weight is 417 g/mol. The topological polar surface area (TPSA) is 38.8 Å². The van der Waals surface area contributed by atoms with Crippen LogP contribution in [0.15, 0.2) is 84.9 Å². The van der Waals surface area contributed by atoms with Crippen molar-refractivity contribution in [1.82, 2.24) is 9.80 Å². The highest BCUT2D eigenvalue weighted by Gasteiger charge is 2.15. The molecule has 0 bridgehead atoms. The molecule has 0 heterocycles. The zero-order valence-corrected chi connectivity index (χ0v) is 18.7. The molecule has 0 atom stereocenters. The first-order valence-electron chi connectivity index (χ1n) is 10.6. The third-order valence-corrected chi connectivity index (χ3v) is 5.14. The first kappa shape index (κ1) is 22.4. The Bertz CT molecular complexity index is 927. The summed E-state index contributed by atoms with van der Waals surface area (Å²) >= 11 is 0. The van der Waals surface area contributed by atoms with E-state index in [-0.39, 0.29) is 6.03 Å². The fourth-order valence-electron chi connectivity index (χ4n) is 3.33. The van der Waals surface area contributed by atoms with Gasteiger partial charge in [-0.1, -0.05) is 60.7 Å². The van der Waals surface area contributed by atoms with Gasteiger partial charge in [0, 0.05) is 44.6 Å². The number of nitrogens with zero attached hydrogens (tertiary/aromatic N) is 3. The largest absolute Gasteiger partial charge is 0.370 e. The summed E-state index contributed by atoms with van der Waals surface area (Å²) in [7, 11) is 6.11. The monoisotopic (exact) mass is 416 g/mol. The van der Waals surface area contributed by atoms with Gasteiger partial charge in [0.25, 0.3) is 0 Å². The third-order valence-electron chi connectivity index (χ3n) is 5.14. The van der Waals surface area contributed by atoms with Crippen LogP contribution in [0.25, 0.3) is 0 Å². The van der Waals surface area contributed by atoms with Gasteiger partial charge in [0.15, 0.2) is 0 Å². The van der Waals surface area contributed by atoms with Crippen LogP contribution in [0.2, 0.25) is 0 Å². The Morgan fingerprint density at radius 1 is 0.710 bits per heavy atom. The second-order valence-electron chi connectivity index (χ2n) is 8.03. The fraction of sp³-hybridized carbons (Fsp3) is 0.269. The van der Waals surface area contributed by atoms with Crippen LogP contribution < -0.4 is 10.2 Å². The van der Waals surface area contributed by atoms with E-state index in [0.29, 0.717) is 13.1 Å². The number of hydrogen-bond donors (Lipinski definition) is 1. The van der Waals surface area contributed by atoms with Crippen molar-refractivity contribution in [3.05, 3.63) is 96.1 Å². The summed E-state index contributed by atoms with van der Waals surface area (Å²) < 4.78 is 0. The highest BCUT2D eigenvalue weighted by atomic mass is 16.2. The van der Waals surface area contributed by atoms with Gasteiger partial charge in [-0.2, -0.15) is 0 Å². The van der Waals surface area contributed by atoms with Crippen LogP contribution in [0.3, 0.4) is 0 Å². The molecule has 0 saturated carbocycles. The van der Waals surface area contributed by atoms with Gasteiger partial charge in [-0.15, -0.1) is 0 Å². The van der Waals surface area contributed by atoms with Crippen LogP contribution in [0, 0.1) is 0 Å². The van der Waals surface area contributed by atoms with Crippen molar-refractivity contribution < 1.29 is 4.79 Å². The van der Waals surface area contributed by atoms with E-state index in [0.717, 1.165) is 30.0 Å². The number of carbonyl (C=O) groups excluding carboxylic acids is 1. The Morgan fingerprint density at radius 3 is 1.81 bits per heavy atom. The second-order valence-corrected chi connectivity index (χ2v) is 8.03. The Balaban J connectivity index is 1.62. The minimum absolute atomic E-state index is 0.0870.